The second-order valence-electron chi connectivity index (χ2n) is 15.5. The fourth-order valence-electron chi connectivity index (χ4n) is 7.63. The highest BCUT2D eigenvalue weighted by atomic mass is 32.2. The third-order valence-electron chi connectivity index (χ3n) is 11.2. The number of azo groups is 2. The lowest BCUT2D eigenvalue weighted by molar-refractivity contribution is 0.398. The third-order valence-corrected chi connectivity index (χ3v) is 15.4. The molecule has 7 rings (SSSR count). The standard InChI is InChI=1S/C45H53N13O10S5/c1-10-15-20-69-45-49-43(46-27-21-31(57(11-2)12-3)35(67-8)23-29(27)51-53-41-37-25(55-70-41)16-18-33(65-6)39(37)72(59,60)61)48-44(50-45)47-28-22-32(58(13-4)14-5)36(68-9)24-30(28)52-54-42-38-26(56-71-42)17-19-34(66-7)40(38)73(62,63)64/h16-19,21-24H,10-15,20H2,1-9H3,(H,59,60,61)(H,62,63,64)(H2,46,47,48,49,50). The number of nitrogens with zero attached hydrogens (tertiary/aromatic N) is 11. The third kappa shape index (κ3) is 12.0. The first-order valence-corrected chi connectivity index (χ1v) is 28.0. The molecule has 3 aromatic heterocycles. The van der Waals surface area contributed by atoms with Crippen molar-refractivity contribution in [3.05, 3.63) is 48.5 Å². The monoisotopic (exact) mass is 1100 g/mol. The number of fused-ring (bicyclic) bond motifs is 2. The van der Waals surface area contributed by atoms with Gasteiger partial charge < -0.3 is 39.4 Å². The molecule has 388 valence electrons. The van der Waals surface area contributed by atoms with Crippen LogP contribution in [-0.4, -0.2) is 110 Å². The summed E-state index contributed by atoms with van der Waals surface area (Å²) in [6.07, 6.45) is 1.81. The molecular formula is C45H53N13O10S5. The van der Waals surface area contributed by atoms with Gasteiger partial charge in [0.2, 0.25) is 11.9 Å². The van der Waals surface area contributed by atoms with Crippen LogP contribution in [0.5, 0.6) is 23.0 Å². The van der Waals surface area contributed by atoms with Crippen LogP contribution in [0.25, 0.3) is 21.8 Å². The molecule has 0 amide bonds. The maximum atomic E-state index is 12.7. The van der Waals surface area contributed by atoms with Crippen molar-refractivity contribution in [2.75, 3.05) is 80.8 Å². The largest absolute Gasteiger partial charge is 0.495 e. The topological polar surface area (TPSA) is 290 Å². The summed E-state index contributed by atoms with van der Waals surface area (Å²) in [4.78, 5) is 17.7. The Bertz CT molecular complexity index is 3200. The molecule has 0 atom stereocenters. The molecule has 3 heterocycles. The second-order valence-corrected chi connectivity index (χ2v) is 20.7. The average Bonchev–Trinajstić information content (AvgIpc) is 3.98. The summed E-state index contributed by atoms with van der Waals surface area (Å²) in [5.74, 6) is 1.66. The van der Waals surface area contributed by atoms with Crippen molar-refractivity contribution in [2.45, 2.75) is 62.4 Å². The van der Waals surface area contributed by atoms with Crippen LogP contribution < -0.4 is 39.4 Å². The highest BCUT2D eigenvalue weighted by Gasteiger charge is 2.27. The van der Waals surface area contributed by atoms with E-state index in [1.807, 2.05) is 39.8 Å². The van der Waals surface area contributed by atoms with Crippen molar-refractivity contribution < 1.29 is 44.9 Å². The summed E-state index contributed by atoms with van der Waals surface area (Å²) in [5.41, 5.74) is 3.20. The summed E-state index contributed by atoms with van der Waals surface area (Å²) in [5, 5.41) is 25.4. The van der Waals surface area contributed by atoms with Gasteiger partial charge in [-0.25, -0.2) is 0 Å². The van der Waals surface area contributed by atoms with Gasteiger partial charge in [0.15, 0.2) is 15.2 Å². The number of ether oxygens (including phenoxy) is 4. The summed E-state index contributed by atoms with van der Waals surface area (Å²) < 4.78 is 102. The normalized spacial score (nSPS) is 12.0. The number of benzene rings is 4. The van der Waals surface area contributed by atoms with Crippen LogP contribution in [0, 0.1) is 0 Å². The summed E-state index contributed by atoms with van der Waals surface area (Å²) in [6, 6.07) is 12.9. The molecule has 4 N–H and O–H groups in total. The van der Waals surface area contributed by atoms with E-state index in [1.165, 1.54) is 52.3 Å². The number of nitrogens with one attached hydrogen (secondary N) is 2. The summed E-state index contributed by atoms with van der Waals surface area (Å²) >= 11 is 3.19. The van der Waals surface area contributed by atoms with E-state index in [2.05, 4.69) is 56.6 Å². The lowest BCUT2D eigenvalue weighted by Crippen LogP contribution is -2.22. The molecule has 4 aromatic carbocycles. The molecule has 0 spiro atoms. The molecule has 0 bridgehead atoms. The Morgan fingerprint density at radius 3 is 1.36 bits per heavy atom. The highest BCUT2D eigenvalue weighted by Crippen LogP contribution is 2.46. The van der Waals surface area contributed by atoms with Crippen molar-refractivity contribution in [3.8, 4) is 23.0 Å². The van der Waals surface area contributed by atoms with E-state index in [0.29, 0.717) is 71.3 Å². The van der Waals surface area contributed by atoms with Crippen molar-refractivity contribution in [3.63, 3.8) is 0 Å². The Morgan fingerprint density at radius 1 is 0.589 bits per heavy atom. The van der Waals surface area contributed by atoms with E-state index in [9.17, 15) is 25.9 Å². The first-order chi connectivity index (χ1) is 35.0. The Hall–Kier alpha value is -6.56. The van der Waals surface area contributed by atoms with E-state index >= 15 is 0 Å². The maximum absolute atomic E-state index is 12.7. The van der Waals surface area contributed by atoms with Crippen LogP contribution >= 0.6 is 34.8 Å². The smallest absolute Gasteiger partial charge is 0.299 e. The number of aromatic nitrogens is 5. The molecule has 0 saturated heterocycles. The van der Waals surface area contributed by atoms with Gasteiger partial charge in [0, 0.05) is 44.1 Å². The van der Waals surface area contributed by atoms with Gasteiger partial charge in [-0.15, -0.1) is 20.5 Å². The maximum Gasteiger partial charge on any atom is 0.299 e. The first-order valence-electron chi connectivity index (χ1n) is 22.6. The van der Waals surface area contributed by atoms with Crippen LogP contribution in [0.4, 0.5) is 56.0 Å². The van der Waals surface area contributed by atoms with E-state index in [4.69, 9.17) is 33.9 Å². The molecule has 0 radical (unpaired) electrons. The molecule has 0 aliphatic carbocycles. The number of hydrogen-bond donors (Lipinski definition) is 4. The van der Waals surface area contributed by atoms with Crippen LogP contribution in [0.15, 0.2) is 83.9 Å². The van der Waals surface area contributed by atoms with Crippen LogP contribution in [0.1, 0.15) is 47.5 Å². The zero-order valence-corrected chi connectivity index (χ0v) is 45.3. The fourth-order valence-corrected chi connectivity index (χ4v) is 11.8. The van der Waals surface area contributed by atoms with Crippen molar-refractivity contribution >= 4 is 133 Å². The number of rotatable bonds is 24. The van der Waals surface area contributed by atoms with E-state index in [1.54, 1.807) is 24.3 Å². The average molecular weight is 1100 g/mol. The minimum Gasteiger partial charge on any atom is -0.495 e. The number of thioether (sulfide) groups is 1. The van der Waals surface area contributed by atoms with Gasteiger partial charge in [-0.05, 0) is 93.6 Å². The Morgan fingerprint density at radius 2 is 1.00 bits per heavy atom. The highest BCUT2D eigenvalue weighted by molar-refractivity contribution is 7.99. The molecule has 0 aliphatic heterocycles. The fraction of sp³-hybridized carbons (Fsp3) is 0.356. The number of methoxy groups -OCH3 is 4. The molecule has 7 aromatic rings. The van der Waals surface area contributed by atoms with E-state index in [0.717, 1.165) is 35.9 Å². The minimum absolute atomic E-state index is 0.0313. The van der Waals surface area contributed by atoms with Gasteiger partial charge in [-0.2, -0.15) is 40.5 Å². The zero-order chi connectivity index (χ0) is 52.6. The lowest BCUT2D eigenvalue weighted by atomic mass is 10.2. The molecule has 0 fully saturated rings. The molecule has 28 heteroatoms. The predicted molar refractivity (Wildman–Crippen MR) is 285 cm³/mol. The Balaban J connectivity index is 1.38. The van der Waals surface area contributed by atoms with Crippen molar-refractivity contribution in [1.29, 1.82) is 0 Å². The quantitative estimate of drug-likeness (QED) is 0.0189. The van der Waals surface area contributed by atoms with Crippen LogP contribution in [0.2, 0.25) is 0 Å². The Kier molecular flexibility index (Phi) is 17.5. The molecule has 23 nitrogen and oxygen atoms in total. The van der Waals surface area contributed by atoms with Gasteiger partial charge in [0.1, 0.15) is 44.2 Å². The van der Waals surface area contributed by atoms with E-state index < -0.39 is 30.0 Å². The van der Waals surface area contributed by atoms with Gasteiger partial charge in [0.25, 0.3) is 20.2 Å². The van der Waals surface area contributed by atoms with Crippen LogP contribution in [-0.2, 0) is 20.2 Å². The van der Waals surface area contributed by atoms with Gasteiger partial charge in [0.05, 0.1) is 73.0 Å². The number of hydrogen-bond acceptors (Lipinski definition) is 24. The predicted octanol–water partition coefficient (Wildman–Crippen LogP) is 11.5. The summed E-state index contributed by atoms with van der Waals surface area (Å²) in [6.45, 7) is 12.6. The molecular weight excluding hydrogens is 1040 g/mol. The molecule has 0 saturated carbocycles. The van der Waals surface area contributed by atoms with Crippen LogP contribution in [0.3, 0.4) is 0 Å². The number of unbranched alkanes of at least 4 members (excludes halogenated alkanes) is 1. The number of anilines is 6. The lowest BCUT2D eigenvalue weighted by Gasteiger charge is -2.25. The first kappa shape index (κ1) is 54.2. The van der Waals surface area contributed by atoms with Gasteiger partial charge in [-0.3, -0.25) is 9.11 Å². The van der Waals surface area contributed by atoms with E-state index in [-0.39, 0.29) is 66.6 Å². The van der Waals surface area contributed by atoms with Crippen molar-refractivity contribution in [2.24, 2.45) is 20.5 Å². The molecule has 0 aliphatic rings. The minimum atomic E-state index is -4.80. The van der Waals surface area contributed by atoms with Crippen molar-refractivity contribution in [1.82, 2.24) is 23.7 Å². The second kappa shape index (κ2) is 23.5. The van der Waals surface area contributed by atoms with Gasteiger partial charge >= 0.3 is 0 Å². The summed E-state index contributed by atoms with van der Waals surface area (Å²) in [7, 11) is -3.95. The zero-order valence-electron chi connectivity index (χ0n) is 41.2. The van der Waals surface area contributed by atoms with Gasteiger partial charge in [-0.1, -0.05) is 25.1 Å². The Labute approximate surface area is 434 Å². The molecule has 0 unspecified atom stereocenters. The molecule has 73 heavy (non-hydrogen) atoms. The SMILES string of the molecule is CCCCSc1nc(Nc2cc(N(CC)CC)c(OC)cc2N=Nc2snc3ccc(OC)c(S(=O)(=O)O)c23)nc(Nc2cc(N(CC)CC)c(OC)cc2N=Nc2snc3ccc(OC)c(S(=O)(=O)O)c23)n1.